The van der Waals surface area contributed by atoms with Gasteiger partial charge in [-0.3, -0.25) is 4.79 Å². The SMILES string of the molecule is N#Cc1cnc(N2CCC(C(=O)N3N=CC[C@H]3c3cc(F)cc(F)c3)CC2)nc1. The van der Waals surface area contributed by atoms with Crippen LogP contribution in [0.4, 0.5) is 14.7 Å². The first-order chi connectivity index (χ1) is 14.0. The summed E-state index contributed by atoms with van der Waals surface area (Å²) >= 11 is 0. The molecule has 0 spiro atoms. The molecule has 0 bridgehead atoms. The molecule has 9 heteroatoms. The molecule has 0 aliphatic carbocycles. The number of piperidine rings is 1. The van der Waals surface area contributed by atoms with Crippen molar-refractivity contribution in [2.75, 3.05) is 18.0 Å². The van der Waals surface area contributed by atoms with E-state index in [1.807, 2.05) is 11.0 Å². The van der Waals surface area contributed by atoms with Gasteiger partial charge in [0.25, 0.3) is 0 Å². The Balaban J connectivity index is 1.42. The largest absolute Gasteiger partial charge is 0.341 e. The predicted octanol–water partition coefficient (Wildman–Crippen LogP) is 2.80. The molecule has 2 aliphatic rings. The molecule has 1 fully saturated rings. The second kappa shape index (κ2) is 7.91. The number of nitriles is 1. The van der Waals surface area contributed by atoms with Crippen molar-refractivity contribution in [3.8, 4) is 6.07 Å². The van der Waals surface area contributed by atoms with Gasteiger partial charge in [-0.15, -0.1) is 0 Å². The van der Waals surface area contributed by atoms with E-state index in [1.54, 1.807) is 6.21 Å². The zero-order valence-corrected chi connectivity index (χ0v) is 15.5. The summed E-state index contributed by atoms with van der Waals surface area (Å²) in [7, 11) is 0. The number of hydrazone groups is 1. The number of carbonyl (C=O) groups is 1. The molecule has 1 atom stereocenters. The van der Waals surface area contributed by atoms with Crippen molar-refractivity contribution in [1.29, 1.82) is 5.26 Å². The summed E-state index contributed by atoms with van der Waals surface area (Å²) in [5.41, 5.74) is 0.794. The van der Waals surface area contributed by atoms with Gasteiger partial charge in [0, 0.05) is 37.7 Å². The first-order valence-corrected chi connectivity index (χ1v) is 9.34. The average Bonchev–Trinajstić information content (AvgIpc) is 3.23. The van der Waals surface area contributed by atoms with E-state index < -0.39 is 17.7 Å². The zero-order chi connectivity index (χ0) is 20.4. The standard InChI is InChI=1S/C20H18F2N6O/c21-16-7-15(8-17(22)9-16)18-1-4-26-28(18)19(29)14-2-5-27(6-3-14)20-24-11-13(10-23)12-25-20/h4,7-9,11-12,14,18H,1-3,5-6H2/t18-/m0/s1. The van der Waals surface area contributed by atoms with Crippen LogP contribution in [0.1, 0.15) is 36.4 Å². The number of anilines is 1. The van der Waals surface area contributed by atoms with Crippen molar-refractivity contribution in [2.24, 2.45) is 11.0 Å². The summed E-state index contributed by atoms with van der Waals surface area (Å²) in [6.45, 7) is 1.19. The van der Waals surface area contributed by atoms with Crippen LogP contribution < -0.4 is 4.90 Å². The Kier molecular flexibility index (Phi) is 5.16. The lowest BCUT2D eigenvalue weighted by atomic mass is 9.94. The summed E-state index contributed by atoms with van der Waals surface area (Å²) < 4.78 is 27.2. The van der Waals surface area contributed by atoms with Crippen LogP contribution in [0.15, 0.2) is 35.7 Å². The van der Waals surface area contributed by atoms with Gasteiger partial charge in [-0.2, -0.15) is 10.4 Å². The van der Waals surface area contributed by atoms with Crippen molar-refractivity contribution in [1.82, 2.24) is 15.0 Å². The van der Waals surface area contributed by atoms with E-state index in [1.165, 1.54) is 29.5 Å². The minimum atomic E-state index is -0.671. The van der Waals surface area contributed by atoms with Crippen LogP contribution in [-0.2, 0) is 4.79 Å². The van der Waals surface area contributed by atoms with Crippen LogP contribution in [0.25, 0.3) is 0 Å². The highest BCUT2D eigenvalue weighted by molar-refractivity contribution is 5.82. The highest BCUT2D eigenvalue weighted by Gasteiger charge is 2.35. The molecule has 1 amide bonds. The fraction of sp³-hybridized carbons (Fsp3) is 0.350. The Hall–Kier alpha value is -3.41. The summed E-state index contributed by atoms with van der Waals surface area (Å²) in [4.78, 5) is 23.4. The summed E-state index contributed by atoms with van der Waals surface area (Å²) in [6.07, 6.45) is 6.16. The summed E-state index contributed by atoms with van der Waals surface area (Å²) in [5, 5.41) is 14.4. The first-order valence-electron chi connectivity index (χ1n) is 9.34. The maximum atomic E-state index is 13.6. The lowest BCUT2D eigenvalue weighted by Gasteiger charge is -2.33. The summed E-state index contributed by atoms with van der Waals surface area (Å²) in [5.74, 6) is -1.19. The van der Waals surface area contributed by atoms with E-state index in [0.29, 0.717) is 49.4 Å². The van der Waals surface area contributed by atoms with E-state index in [4.69, 9.17) is 5.26 Å². The molecule has 0 unspecified atom stereocenters. The smallest absolute Gasteiger partial charge is 0.246 e. The minimum absolute atomic E-state index is 0.145. The molecule has 2 aliphatic heterocycles. The van der Waals surface area contributed by atoms with Gasteiger partial charge in [-0.05, 0) is 30.5 Å². The van der Waals surface area contributed by atoms with E-state index in [0.717, 1.165) is 6.07 Å². The molecule has 2 aromatic rings. The average molecular weight is 396 g/mol. The molecule has 1 aromatic carbocycles. The second-order valence-electron chi connectivity index (χ2n) is 7.08. The zero-order valence-electron chi connectivity index (χ0n) is 15.5. The second-order valence-corrected chi connectivity index (χ2v) is 7.08. The Morgan fingerprint density at radius 2 is 1.76 bits per heavy atom. The van der Waals surface area contributed by atoms with Crippen molar-refractivity contribution in [3.05, 3.63) is 53.4 Å². The van der Waals surface area contributed by atoms with Crippen LogP contribution in [0, 0.1) is 28.9 Å². The molecule has 148 valence electrons. The molecule has 1 aromatic heterocycles. The van der Waals surface area contributed by atoms with Gasteiger partial charge in [0.15, 0.2) is 0 Å². The molecule has 29 heavy (non-hydrogen) atoms. The number of halogens is 2. The van der Waals surface area contributed by atoms with Gasteiger partial charge in [0.2, 0.25) is 11.9 Å². The molecule has 4 rings (SSSR count). The van der Waals surface area contributed by atoms with Gasteiger partial charge in [-0.1, -0.05) is 0 Å². The summed E-state index contributed by atoms with van der Waals surface area (Å²) in [6, 6.07) is 4.79. The van der Waals surface area contributed by atoms with Crippen molar-refractivity contribution < 1.29 is 13.6 Å². The fourth-order valence-corrected chi connectivity index (χ4v) is 3.73. The van der Waals surface area contributed by atoms with Gasteiger partial charge in [0.05, 0.1) is 24.0 Å². The number of nitrogens with zero attached hydrogens (tertiary/aromatic N) is 6. The molecule has 7 nitrogen and oxygen atoms in total. The van der Waals surface area contributed by atoms with Gasteiger partial charge >= 0.3 is 0 Å². The van der Waals surface area contributed by atoms with E-state index in [-0.39, 0.29) is 11.8 Å². The number of aromatic nitrogens is 2. The topological polar surface area (TPSA) is 85.5 Å². The third-order valence-corrected chi connectivity index (χ3v) is 5.22. The Labute approximate surface area is 166 Å². The number of carbonyl (C=O) groups excluding carboxylic acids is 1. The van der Waals surface area contributed by atoms with Gasteiger partial charge in [-0.25, -0.2) is 23.8 Å². The van der Waals surface area contributed by atoms with Gasteiger partial charge in [0.1, 0.15) is 17.7 Å². The lowest BCUT2D eigenvalue weighted by Crippen LogP contribution is -2.41. The van der Waals surface area contributed by atoms with E-state index in [9.17, 15) is 13.6 Å². The van der Waals surface area contributed by atoms with E-state index >= 15 is 0 Å². The first kappa shape index (κ1) is 18.9. The number of amides is 1. The molecule has 1 saturated heterocycles. The normalized spacial score (nSPS) is 19.4. The monoisotopic (exact) mass is 396 g/mol. The Morgan fingerprint density at radius 1 is 1.10 bits per heavy atom. The molecule has 3 heterocycles. The van der Waals surface area contributed by atoms with Crippen molar-refractivity contribution >= 4 is 18.1 Å². The maximum Gasteiger partial charge on any atom is 0.246 e. The van der Waals surface area contributed by atoms with Crippen LogP contribution >= 0.6 is 0 Å². The van der Waals surface area contributed by atoms with Crippen molar-refractivity contribution in [2.45, 2.75) is 25.3 Å². The molecular formula is C20H18F2N6O. The number of hydrogen-bond acceptors (Lipinski definition) is 6. The fourth-order valence-electron chi connectivity index (χ4n) is 3.73. The van der Waals surface area contributed by atoms with Gasteiger partial charge < -0.3 is 4.90 Å². The number of benzene rings is 1. The molecule has 0 N–H and O–H groups in total. The Morgan fingerprint density at radius 3 is 2.38 bits per heavy atom. The quantitative estimate of drug-likeness (QED) is 0.796. The highest BCUT2D eigenvalue weighted by atomic mass is 19.1. The molecule has 0 saturated carbocycles. The van der Waals surface area contributed by atoms with Crippen LogP contribution in [0.5, 0.6) is 0 Å². The van der Waals surface area contributed by atoms with Crippen LogP contribution in [0.3, 0.4) is 0 Å². The third-order valence-electron chi connectivity index (χ3n) is 5.22. The van der Waals surface area contributed by atoms with Crippen molar-refractivity contribution in [3.63, 3.8) is 0 Å². The third kappa shape index (κ3) is 3.92. The predicted molar refractivity (Wildman–Crippen MR) is 101 cm³/mol. The maximum absolute atomic E-state index is 13.6. The molecule has 0 radical (unpaired) electrons. The highest BCUT2D eigenvalue weighted by Crippen LogP contribution is 2.32. The Bertz CT molecular complexity index is 959. The van der Waals surface area contributed by atoms with Crippen LogP contribution in [0.2, 0.25) is 0 Å². The van der Waals surface area contributed by atoms with E-state index in [2.05, 4.69) is 15.1 Å². The number of rotatable bonds is 3. The minimum Gasteiger partial charge on any atom is -0.341 e. The number of hydrogen-bond donors (Lipinski definition) is 0. The lowest BCUT2D eigenvalue weighted by molar-refractivity contribution is -0.138. The van der Waals surface area contributed by atoms with Crippen LogP contribution in [-0.4, -0.2) is 40.2 Å². The molecular weight excluding hydrogens is 378 g/mol.